The zero-order chi connectivity index (χ0) is 28.2. The lowest BCUT2D eigenvalue weighted by atomic mass is 9.93. The lowest BCUT2D eigenvalue weighted by Crippen LogP contribution is -2.37. The monoisotopic (exact) mass is 588 g/mol. The Morgan fingerprint density at radius 2 is 1.79 bits per heavy atom. The van der Waals surface area contributed by atoms with E-state index in [4.69, 9.17) is 23.2 Å². The lowest BCUT2D eigenvalue weighted by molar-refractivity contribution is -0.122. The summed E-state index contributed by atoms with van der Waals surface area (Å²) in [6, 6.07) is 13.7. The summed E-state index contributed by atoms with van der Waals surface area (Å²) >= 11 is 12.4. The maximum Gasteiger partial charge on any atom is 0.255 e. The molecular formula is C28H30Cl2N4O4S. The van der Waals surface area contributed by atoms with Gasteiger partial charge < -0.3 is 15.5 Å². The fraction of sp³-hybridized carbons (Fsp3) is 0.321. The Hall–Kier alpha value is -3.14. The number of anilines is 2. The summed E-state index contributed by atoms with van der Waals surface area (Å²) in [5.41, 5.74) is 2.50. The van der Waals surface area contributed by atoms with Crippen LogP contribution in [0, 0.1) is 12.8 Å². The van der Waals surface area contributed by atoms with E-state index in [1.54, 1.807) is 18.2 Å². The Balaban J connectivity index is 1.41. The minimum absolute atomic E-state index is 0.00733. The summed E-state index contributed by atoms with van der Waals surface area (Å²) in [4.78, 5) is 31.9. The highest BCUT2D eigenvalue weighted by Crippen LogP contribution is 2.31. The first-order chi connectivity index (χ1) is 18.5. The van der Waals surface area contributed by atoms with E-state index in [1.165, 1.54) is 18.3 Å². The summed E-state index contributed by atoms with van der Waals surface area (Å²) in [7, 11) is -3.54. The molecule has 1 aliphatic heterocycles. The molecule has 3 aromatic rings. The average Bonchev–Trinajstić information content (AvgIpc) is 2.89. The third-order valence-corrected chi connectivity index (χ3v) is 8.60. The van der Waals surface area contributed by atoms with E-state index in [1.807, 2.05) is 30.0 Å². The quantitative estimate of drug-likeness (QED) is 0.371. The highest BCUT2D eigenvalue weighted by atomic mass is 35.5. The van der Waals surface area contributed by atoms with Crippen LogP contribution in [-0.4, -0.2) is 44.6 Å². The topological polar surface area (TPSA) is 108 Å². The van der Waals surface area contributed by atoms with Gasteiger partial charge in [0.1, 0.15) is 0 Å². The van der Waals surface area contributed by atoms with Crippen molar-refractivity contribution in [3.05, 3.63) is 81.5 Å². The van der Waals surface area contributed by atoms with E-state index >= 15 is 0 Å². The van der Waals surface area contributed by atoms with Crippen LogP contribution in [-0.2, 0) is 21.2 Å². The molecule has 2 aromatic carbocycles. The molecule has 11 heteroatoms. The highest BCUT2D eigenvalue weighted by Gasteiger charge is 2.25. The first-order valence-electron chi connectivity index (χ1n) is 12.5. The molecule has 2 N–H and O–H groups in total. The van der Waals surface area contributed by atoms with Crippen LogP contribution in [0.5, 0.6) is 0 Å². The number of aromatic nitrogens is 1. The van der Waals surface area contributed by atoms with Gasteiger partial charge in [-0.2, -0.15) is 0 Å². The van der Waals surface area contributed by atoms with Gasteiger partial charge in [0, 0.05) is 54.1 Å². The van der Waals surface area contributed by atoms with Crippen LogP contribution in [0.4, 0.5) is 11.5 Å². The van der Waals surface area contributed by atoms with Crippen molar-refractivity contribution in [3.63, 3.8) is 0 Å². The number of hydrogen-bond acceptors (Lipinski definition) is 6. The van der Waals surface area contributed by atoms with Gasteiger partial charge in [-0.3, -0.25) is 9.59 Å². The molecule has 206 valence electrons. The number of nitrogens with one attached hydrogen (secondary N) is 2. The van der Waals surface area contributed by atoms with Crippen molar-refractivity contribution in [2.45, 2.75) is 37.6 Å². The third kappa shape index (κ3) is 7.50. The Kier molecular flexibility index (Phi) is 9.15. The predicted octanol–water partition coefficient (Wildman–Crippen LogP) is 5.28. The van der Waals surface area contributed by atoms with E-state index in [9.17, 15) is 18.0 Å². The number of pyridine rings is 1. The van der Waals surface area contributed by atoms with Gasteiger partial charge in [0.2, 0.25) is 5.91 Å². The molecule has 39 heavy (non-hydrogen) atoms. The smallest absolute Gasteiger partial charge is 0.255 e. The molecule has 0 aliphatic carbocycles. The second-order valence-electron chi connectivity index (χ2n) is 9.74. The number of aryl methyl sites for hydroxylation is 1. The number of carbonyl (C=O) groups excluding carboxylic acids is 2. The maximum atomic E-state index is 12.9. The van der Waals surface area contributed by atoms with Crippen LogP contribution in [0.25, 0.3) is 0 Å². The normalized spacial score (nSPS) is 14.2. The number of halogens is 2. The van der Waals surface area contributed by atoms with E-state index in [0.29, 0.717) is 53.2 Å². The summed E-state index contributed by atoms with van der Waals surface area (Å²) in [6.07, 6.45) is 4.28. The summed E-state index contributed by atoms with van der Waals surface area (Å²) in [6.45, 7) is 3.52. The zero-order valence-electron chi connectivity index (χ0n) is 21.7. The first kappa shape index (κ1) is 28.9. The van der Waals surface area contributed by atoms with Crippen LogP contribution in [0.2, 0.25) is 10.0 Å². The van der Waals surface area contributed by atoms with Crippen LogP contribution in [0.15, 0.2) is 59.6 Å². The van der Waals surface area contributed by atoms with Crippen LogP contribution in [0.3, 0.4) is 0 Å². The summed E-state index contributed by atoms with van der Waals surface area (Å²) in [5.74, 6) is 0.214. The number of hydrogen-bond donors (Lipinski definition) is 2. The maximum absolute atomic E-state index is 12.9. The van der Waals surface area contributed by atoms with Gasteiger partial charge in [0.15, 0.2) is 15.7 Å². The van der Waals surface area contributed by atoms with Crippen LogP contribution >= 0.6 is 23.2 Å². The van der Waals surface area contributed by atoms with Crippen molar-refractivity contribution in [1.29, 1.82) is 0 Å². The molecule has 0 unspecified atom stereocenters. The van der Waals surface area contributed by atoms with Gasteiger partial charge in [-0.15, -0.1) is 0 Å². The molecule has 0 saturated carbocycles. The molecule has 8 nitrogen and oxygen atoms in total. The largest absolute Gasteiger partial charge is 0.355 e. The number of benzene rings is 2. The van der Waals surface area contributed by atoms with Crippen molar-refractivity contribution in [1.82, 2.24) is 10.3 Å². The van der Waals surface area contributed by atoms with Gasteiger partial charge >= 0.3 is 0 Å². The number of piperidine rings is 1. The second kappa shape index (κ2) is 12.4. The molecule has 2 amide bonds. The molecule has 2 heterocycles. The molecule has 0 atom stereocenters. The Morgan fingerprint density at radius 3 is 2.49 bits per heavy atom. The molecule has 0 bridgehead atoms. The van der Waals surface area contributed by atoms with Gasteiger partial charge in [0.05, 0.1) is 10.6 Å². The predicted molar refractivity (Wildman–Crippen MR) is 154 cm³/mol. The van der Waals surface area contributed by atoms with Crippen molar-refractivity contribution in [3.8, 4) is 0 Å². The van der Waals surface area contributed by atoms with Crippen molar-refractivity contribution >= 4 is 56.4 Å². The fourth-order valence-corrected chi connectivity index (χ4v) is 5.49. The highest BCUT2D eigenvalue weighted by molar-refractivity contribution is 7.90. The fourth-order valence-electron chi connectivity index (χ4n) is 4.53. The van der Waals surface area contributed by atoms with E-state index in [2.05, 4.69) is 15.6 Å². The minimum Gasteiger partial charge on any atom is -0.355 e. The van der Waals surface area contributed by atoms with Crippen molar-refractivity contribution < 1.29 is 18.0 Å². The molecule has 1 saturated heterocycles. The van der Waals surface area contributed by atoms with E-state index < -0.39 is 15.7 Å². The molecule has 1 aliphatic rings. The molecule has 0 spiro atoms. The average molecular weight is 590 g/mol. The summed E-state index contributed by atoms with van der Waals surface area (Å²) in [5, 5.41) is 6.85. The number of sulfone groups is 1. The van der Waals surface area contributed by atoms with E-state index in [0.717, 1.165) is 30.2 Å². The lowest BCUT2D eigenvalue weighted by Gasteiger charge is -2.33. The Labute approximate surface area is 238 Å². The van der Waals surface area contributed by atoms with Gasteiger partial charge in [-0.05, 0) is 61.1 Å². The Bertz CT molecular complexity index is 1490. The molecule has 1 aromatic heterocycles. The SMILES string of the molecule is Cc1cccc(CNC(=O)CC2CCN(c3ncc(S(C)(=O)=O)cc3NC(=O)c3cccc(Cl)c3)CC2)c1Cl. The minimum atomic E-state index is -3.54. The number of amides is 2. The molecule has 4 rings (SSSR count). The first-order valence-corrected chi connectivity index (χ1v) is 15.2. The zero-order valence-corrected chi connectivity index (χ0v) is 24.0. The van der Waals surface area contributed by atoms with E-state index in [-0.39, 0.29) is 16.7 Å². The van der Waals surface area contributed by atoms with Gasteiger partial charge in [0.25, 0.3) is 5.91 Å². The second-order valence-corrected chi connectivity index (χ2v) is 12.6. The summed E-state index contributed by atoms with van der Waals surface area (Å²) < 4.78 is 24.3. The third-order valence-electron chi connectivity index (χ3n) is 6.74. The van der Waals surface area contributed by atoms with Crippen LogP contribution in [0.1, 0.15) is 40.7 Å². The molecule has 0 radical (unpaired) electrons. The molecular weight excluding hydrogens is 559 g/mol. The van der Waals surface area contributed by atoms with Gasteiger partial charge in [-0.1, -0.05) is 47.5 Å². The van der Waals surface area contributed by atoms with Crippen molar-refractivity contribution in [2.24, 2.45) is 5.92 Å². The number of rotatable bonds is 8. The number of carbonyl (C=O) groups is 2. The van der Waals surface area contributed by atoms with Crippen molar-refractivity contribution in [2.75, 3.05) is 29.6 Å². The van der Waals surface area contributed by atoms with Crippen LogP contribution < -0.4 is 15.5 Å². The standard InChI is InChI=1S/C28H30Cl2N4O4S/c1-18-5-3-7-21(26(18)30)16-31-25(35)13-19-9-11-34(12-10-19)27-24(15-23(17-32-27)39(2,37)38)33-28(36)20-6-4-8-22(29)14-20/h3-8,14-15,17,19H,9-13,16H2,1-2H3,(H,31,35)(H,33,36). The number of nitrogens with zero attached hydrogens (tertiary/aromatic N) is 2. The van der Waals surface area contributed by atoms with Gasteiger partial charge in [-0.25, -0.2) is 13.4 Å². The Morgan fingerprint density at radius 1 is 1.08 bits per heavy atom. The molecule has 1 fully saturated rings.